The van der Waals surface area contributed by atoms with Crippen molar-refractivity contribution in [3.05, 3.63) is 76.8 Å². The lowest BCUT2D eigenvalue weighted by atomic mass is 9.99. The van der Waals surface area contributed by atoms with Crippen molar-refractivity contribution < 1.29 is 0 Å². The summed E-state index contributed by atoms with van der Waals surface area (Å²) in [5.41, 5.74) is 4.36. The van der Waals surface area contributed by atoms with Crippen LogP contribution in [-0.4, -0.2) is 5.71 Å². The third-order valence-electron chi connectivity index (χ3n) is 4.29. The molecule has 3 aromatic carbocycles. The van der Waals surface area contributed by atoms with Crippen molar-refractivity contribution in [3.63, 3.8) is 0 Å². The van der Waals surface area contributed by atoms with Crippen LogP contribution >= 0.6 is 11.8 Å². The third-order valence-corrected chi connectivity index (χ3v) is 5.38. The Labute approximate surface area is 143 Å². The molecule has 5 rings (SSSR count). The first-order valence-electron chi connectivity index (χ1n) is 7.64. The molecule has 0 aromatic heterocycles. The molecule has 0 aliphatic carbocycles. The average Bonchev–Trinajstić information content (AvgIpc) is 3.20. The number of benzene rings is 3. The highest BCUT2D eigenvalue weighted by Gasteiger charge is 2.26. The number of rotatable bonds is 1. The van der Waals surface area contributed by atoms with E-state index < -0.39 is 0 Å². The largest absolute Gasteiger partial charge is 0.348 e. The van der Waals surface area contributed by atoms with Crippen LogP contribution in [0.4, 0.5) is 11.4 Å². The lowest BCUT2D eigenvalue weighted by Crippen LogP contribution is -2.06. The Morgan fingerprint density at radius 1 is 1.00 bits per heavy atom. The number of allylic oxidation sites excluding steroid dienone is 1. The number of fused-ring (bicyclic) bond motifs is 1. The summed E-state index contributed by atoms with van der Waals surface area (Å²) in [6.45, 7) is 0. The summed E-state index contributed by atoms with van der Waals surface area (Å²) in [6, 6.07) is 22.7. The number of hydrogen-bond donors (Lipinski definition) is 1. The summed E-state index contributed by atoms with van der Waals surface area (Å²) in [4.78, 5) is 5.89. The highest BCUT2D eigenvalue weighted by molar-refractivity contribution is 8.03. The summed E-state index contributed by atoms with van der Waals surface area (Å²) in [5.74, 6) is 0. The SMILES string of the molecule is N#C/C(C1=Nc2cccc3cccc1c23)=C1/Nc2ccccc2S1. The van der Waals surface area contributed by atoms with Gasteiger partial charge in [-0.2, -0.15) is 5.26 Å². The van der Waals surface area contributed by atoms with E-state index >= 15 is 0 Å². The molecular formula is C20H11N3S. The van der Waals surface area contributed by atoms with Gasteiger partial charge in [0.25, 0.3) is 0 Å². The molecule has 3 nitrogen and oxygen atoms in total. The molecule has 0 saturated carbocycles. The molecular weight excluding hydrogens is 314 g/mol. The summed E-state index contributed by atoms with van der Waals surface area (Å²) in [7, 11) is 0. The molecule has 3 aromatic rings. The first-order valence-corrected chi connectivity index (χ1v) is 8.46. The fraction of sp³-hybridized carbons (Fsp3) is 0. The molecule has 0 atom stereocenters. The second-order valence-electron chi connectivity index (χ2n) is 5.68. The summed E-state index contributed by atoms with van der Waals surface area (Å²) in [5, 5.41) is 16.3. The number of anilines is 1. The molecule has 0 fully saturated rings. The van der Waals surface area contributed by atoms with E-state index in [2.05, 4.69) is 29.6 Å². The predicted molar refractivity (Wildman–Crippen MR) is 98.7 cm³/mol. The molecule has 0 spiro atoms. The Morgan fingerprint density at radius 2 is 1.83 bits per heavy atom. The Hall–Kier alpha value is -3.03. The van der Waals surface area contributed by atoms with Crippen molar-refractivity contribution in [2.24, 2.45) is 4.99 Å². The van der Waals surface area contributed by atoms with Crippen LogP contribution in [0.25, 0.3) is 10.8 Å². The van der Waals surface area contributed by atoms with Gasteiger partial charge < -0.3 is 5.32 Å². The minimum Gasteiger partial charge on any atom is -0.348 e. The summed E-state index contributed by atoms with van der Waals surface area (Å²) < 4.78 is 0. The molecule has 112 valence electrons. The van der Waals surface area contributed by atoms with E-state index in [1.165, 1.54) is 0 Å². The Balaban J connectivity index is 1.69. The van der Waals surface area contributed by atoms with E-state index in [1.807, 2.05) is 42.5 Å². The van der Waals surface area contributed by atoms with Crippen molar-refractivity contribution in [3.8, 4) is 6.07 Å². The second-order valence-corrected chi connectivity index (χ2v) is 6.73. The van der Waals surface area contributed by atoms with Crippen LogP contribution in [0.3, 0.4) is 0 Å². The first-order chi connectivity index (χ1) is 11.8. The Kier molecular flexibility index (Phi) is 2.79. The van der Waals surface area contributed by atoms with E-state index in [9.17, 15) is 5.26 Å². The van der Waals surface area contributed by atoms with E-state index in [1.54, 1.807) is 11.8 Å². The topological polar surface area (TPSA) is 48.2 Å². The van der Waals surface area contributed by atoms with Crippen LogP contribution in [0, 0.1) is 11.3 Å². The molecule has 1 N–H and O–H groups in total. The van der Waals surface area contributed by atoms with Gasteiger partial charge in [-0.05, 0) is 23.6 Å². The molecule has 2 aliphatic rings. The fourth-order valence-electron chi connectivity index (χ4n) is 3.22. The molecule has 0 saturated heterocycles. The van der Waals surface area contributed by atoms with Crippen LogP contribution in [-0.2, 0) is 0 Å². The van der Waals surface area contributed by atoms with Gasteiger partial charge in [-0.1, -0.05) is 54.2 Å². The maximum Gasteiger partial charge on any atom is 0.109 e. The minimum absolute atomic E-state index is 0.597. The molecule has 0 unspecified atom stereocenters. The van der Waals surface area contributed by atoms with Gasteiger partial charge in [0.1, 0.15) is 11.6 Å². The van der Waals surface area contributed by atoms with Gasteiger partial charge in [-0.15, -0.1) is 0 Å². The molecule has 0 bridgehead atoms. The molecule has 2 heterocycles. The predicted octanol–water partition coefficient (Wildman–Crippen LogP) is 5.23. The lowest BCUT2D eigenvalue weighted by Gasteiger charge is -2.06. The van der Waals surface area contributed by atoms with Crippen LogP contribution in [0.5, 0.6) is 0 Å². The second kappa shape index (κ2) is 4.98. The third kappa shape index (κ3) is 1.82. The van der Waals surface area contributed by atoms with Crippen molar-refractivity contribution in [2.45, 2.75) is 4.90 Å². The number of nitriles is 1. The van der Waals surface area contributed by atoms with E-state index in [0.29, 0.717) is 5.57 Å². The van der Waals surface area contributed by atoms with Crippen LogP contribution < -0.4 is 5.32 Å². The maximum absolute atomic E-state index is 9.82. The standard InChI is InChI=1S/C20H11N3S/c21-11-14(20-23-15-8-1-2-10-17(15)24-20)19-13-7-3-5-12-6-4-9-16(22-19)18(12)13/h1-10,23H/b20-14+. The number of nitrogens with one attached hydrogen (secondary N) is 1. The number of hydrogen-bond acceptors (Lipinski definition) is 4. The minimum atomic E-state index is 0.597. The summed E-state index contributed by atoms with van der Waals surface area (Å²) in [6.07, 6.45) is 0. The normalized spacial score (nSPS) is 16.4. The molecule has 0 radical (unpaired) electrons. The number of nitrogens with zero attached hydrogens (tertiary/aromatic N) is 2. The number of thioether (sulfide) groups is 1. The van der Waals surface area contributed by atoms with Crippen LogP contribution in [0.15, 0.2) is 81.2 Å². The molecule has 0 amide bonds. The Morgan fingerprint density at radius 3 is 2.67 bits per heavy atom. The van der Waals surface area contributed by atoms with E-state index in [-0.39, 0.29) is 0 Å². The van der Waals surface area contributed by atoms with Crippen molar-refractivity contribution >= 4 is 39.6 Å². The van der Waals surface area contributed by atoms with Gasteiger partial charge >= 0.3 is 0 Å². The van der Waals surface area contributed by atoms with Gasteiger partial charge in [0.15, 0.2) is 0 Å². The van der Waals surface area contributed by atoms with Crippen LogP contribution in [0.1, 0.15) is 5.56 Å². The van der Waals surface area contributed by atoms with Gasteiger partial charge in [0.05, 0.1) is 22.1 Å². The smallest absolute Gasteiger partial charge is 0.109 e. The molecule has 2 aliphatic heterocycles. The zero-order valence-corrected chi connectivity index (χ0v) is 13.4. The van der Waals surface area contributed by atoms with Crippen molar-refractivity contribution in [1.29, 1.82) is 5.26 Å². The fourth-order valence-corrected chi connectivity index (χ4v) is 4.23. The van der Waals surface area contributed by atoms with Crippen molar-refractivity contribution in [2.75, 3.05) is 5.32 Å². The van der Waals surface area contributed by atoms with E-state index in [4.69, 9.17) is 4.99 Å². The zero-order chi connectivity index (χ0) is 16.1. The van der Waals surface area contributed by atoms with E-state index in [0.717, 1.165) is 43.3 Å². The van der Waals surface area contributed by atoms with Gasteiger partial charge in [0.2, 0.25) is 0 Å². The molecule has 4 heteroatoms. The maximum atomic E-state index is 9.82. The van der Waals surface area contributed by atoms with Gasteiger partial charge in [0, 0.05) is 15.8 Å². The van der Waals surface area contributed by atoms with Crippen LogP contribution in [0.2, 0.25) is 0 Å². The highest BCUT2D eigenvalue weighted by atomic mass is 32.2. The first kappa shape index (κ1) is 13.4. The monoisotopic (exact) mass is 325 g/mol. The van der Waals surface area contributed by atoms with Gasteiger partial charge in [-0.25, -0.2) is 4.99 Å². The van der Waals surface area contributed by atoms with Crippen molar-refractivity contribution in [1.82, 2.24) is 0 Å². The lowest BCUT2D eigenvalue weighted by molar-refractivity contribution is 1.44. The zero-order valence-electron chi connectivity index (χ0n) is 12.6. The average molecular weight is 325 g/mol. The van der Waals surface area contributed by atoms with Gasteiger partial charge in [-0.3, -0.25) is 0 Å². The number of para-hydroxylation sites is 1. The Bertz CT molecular complexity index is 1090. The quantitative estimate of drug-likeness (QED) is 0.623. The number of aliphatic imine (C=N–C) groups is 1. The summed E-state index contributed by atoms with van der Waals surface area (Å²) >= 11 is 1.59. The molecule has 24 heavy (non-hydrogen) atoms. The highest BCUT2D eigenvalue weighted by Crippen LogP contribution is 2.44.